The normalized spacial score (nSPS) is 19.4. The summed E-state index contributed by atoms with van der Waals surface area (Å²) in [4.78, 5) is 20.3. The van der Waals surface area contributed by atoms with E-state index in [2.05, 4.69) is 29.1 Å². The highest BCUT2D eigenvalue weighted by Crippen LogP contribution is 2.24. The number of aromatic amines is 1. The number of hydrogen-bond donors (Lipinski definition) is 2. The van der Waals surface area contributed by atoms with Crippen molar-refractivity contribution in [1.82, 2.24) is 15.3 Å². The third-order valence-electron chi connectivity index (χ3n) is 4.82. The lowest BCUT2D eigenvalue weighted by molar-refractivity contribution is -0.514. The highest BCUT2D eigenvalue weighted by Gasteiger charge is 2.32. The van der Waals surface area contributed by atoms with Gasteiger partial charge in [-0.05, 0) is 51.0 Å². The number of nitrogens with one attached hydrogen (secondary N) is 2. The van der Waals surface area contributed by atoms with E-state index < -0.39 is 0 Å². The first kappa shape index (κ1) is 16.7. The Morgan fingerprint density at radius 3 is 2.88 bits per heavy atom. The fraction of sp³-hybridized carbons (Fsp3) is 0.350. The van der Waals surface area contributed by atoms with Crippen molar-refractivity contribution in [2.24, 2.45) is 0 Å². The first-order valence-corrected chi connectivity index (χ1v) is 8.91. The molecule has 3 aromatic rings. The second-order valence-corrected chi connectivity index (χ2v) is 7.31. The van der Waals surface area contributed by atoms with Gasteiger partial charge >= 0.3 is 11.7 Å². The van der Waals surface area contributed by atoms with E-state index in [-0.39, 0.29) is 17.6 Å². The molecule has 1 fully saturated rings. The Kier molecular flexibility index (Phi) is 4.20. The van der Waals surface area contributed by atoms with Crippen molar-refractivity contribution >= 4 is 11.4 Å². The molecule has 3 aromatic heterocycles. The van der Waals surface area contributed by atoms with Crippen LogP contribution in [0.1, 0.15) is 37.3 Å². The number of imidazole rings is 1. The van der Waals surface area contributed by atoms with E-state index in [0.717, 1.165) is 29.6 Å². The van der Waals surface area contributed by atoms with Gasteiger partial charge in [-0.1, -0.05) is 6.07 Å². The largest absolute Gasteiger partial charge is 0.375 e. The van der Waals surface area contributed by atoms with Gasteiger partial charge in [-0.2, -0.15) is 4.40 Å². The number of aromatic nitrogens is 3. The molecule has 134 valence electrons. The third kappa shape index (κ3) is 3.20. The first-order chi connectivity index (χ1) is 12.5. The average molecular weight is 351 g/mol. The van der Waals surface area contributed by atoms with Crippen LogP contribution in [0.4, 0.5) is 0 Å². The van der Waals surface area contributed by atoms with Crippen molar-refractivity contribution in [1.29, 1.82) is 0 Å². The molecule has 1 unspecified atom stereocenters. The molecule has 1 aliphatic rings. The molecule has 4 heterocycles. The highest BCUT2D eigenvalue weighted by atomic mass is 16.5. The number of amides is 1. The zero-order valence-corrected chi connectivity index (χ0v) is 15.0. The van der Waals surface area contributed by atoms with E-state index in [1.54, 1.807) is 12.4 Å². The Balaban J connectivity index is 1.67. The molecule has 1 amide bonds. The summed E-state index contributed by atoms with van der Waals surface area (Å²) in [6, 6.07) is 9.87. The van der Waals surface area contributed by atoms with E-state index >= 15 is 0 Å². The molecular weight excluding hydrogens is 328 g/mol. The predicted molar refractivity (Wildman–Crippen MR) is 97.7 cm³/mol. The maximum absolute atomic E-state index is 13.0. The molecule has 0 spiro atoms. The number of H-pyrrole nitrogens is 1. The van der Waals surface area contributed by atoms with Gasteiger partial charge < -0.3 is 10.1 Å². The lowest BCUT2D eigenvalue weighted by Gasteiger charge is -2.35. The van der Waals surface area contributed by atoms with Crippen LogP contribution < -0.4 is 9.72 Å². The number of rotatable bonds is 3. The summed E-state index contributed by atoms with van der Waals surface area (Å²) in [6.45, 7) is 4.79. The summed E-state index contributed by atoms with van der Waals surface area (Å²) in [5, 5.41) is 3.16. The molecule has 1 aliphatic heterocycles. The van der Waals surface area contributed by atoms with Crippen LogP contribution in [0.15, 0.2) is 48.9 Å². The molecule has 0 saturated carbocycles. The summed E-state index contributed by atoms with van der Waals surface area (Å²) in [5.41, 5.74) is 2.65. The van der Waals surface area contributed by atoms with Crippen LogP contribution in [0.3, 0.4) is 0 Å². The molecule has 6 heteroatoms. The van der Waals surface area contributed by atoms with Crippen LogP contribution in [0.2, 0.25) is 0 Å². The maximum Gasteiger partial charge on any atom is 0.351 e. The second kappa shape index (κ2) is 6.53. The Bertz CT molecular complexity index is 933. The van der Waals surface area contributed by atoms with Crippen molar-refractivity contribution in [3.63, 3.8) is 0 Å². The van der Waals surface area contributed by atoms with Crippen LogP contribution in [0, 0.1) is 0 Å². The van der Waals surface area contributed by atoms with Gasteiger partial charge in [0.25, 0.3) is 0 Å². The van der Waals surface area contributed by atoms with Gasteiger partial charge in [-0.15, -0.1) is 0 Å². The van der Waals surface area contributed by atoms with Gasteiger partial charge in [0, 0.05) is 30.6 Å². The smallest absolute Gasteiger partial charge is 0.351 e. The topological polar surface area (TPSA) is 71.1 Å². The summed E-state index contributed by atoms with van der Waals surface area (Å²) in [6.07, 6.45) is 7.03. The number of ether oxygens (including phenoxy) is 1. The molecule has 4 rings (SSSR count). The Hall–Kier alpha value is -2.73. The minimum atomic E-state index is -0.205. The summed E-state index contributed by atoms with van der Waals surface area (Å²) in [5.74, 6) is 0.422. The second-order valence-electron chi connectivity index (χ2n) is 7.31. The van der Waals surface area contributed by atoms with Crippen molar-refractivity contribution in [3.8, 4) is 11.3 Å². The minimum absolute atomic E-state index is 0.103. The quantitative estimate of drug-likeness (QED) is 0.712. The zero-order valence-electron chi connectivity index (χ0n) is 15.0. The highest BCUT2D eigenvalue weighted by molar-refractivity contribution is 5.91. The molecule has 0 aliphatic carbocycles. The Labute approximate surface area is 152 Å². The summed E-state index contributed by atoms with van der Waals surface area (Å²) >= 11 is 0. The average Bonchev–Trinajstić information content (AvgIpc) is 3.01. The van der Waals surface area contributed by atoms with Crippen LogP contribution in [-0.2, 0) is 4.74 Å². The number of pyridine rings is 2. The number of carbonyl (C=O) groups is 1. The van der Waals surface area contributed by atoms with E-state index in [1.165, 1.54) is 0 Å². The lowest BCUT2D eigenvalue weighted by Crippen LogP contribution is -2.47. The summed E-state index contributed by atoms with van der Waals surface area (Å²) in [7, 11) is 0. The van der Waals surface area contributed by atoms with Gasteiger partial charge in [0.15, 0.2) is 11.2 Å². The molecule has 6 nitrogen and oxygen atoms in total. The van der Waals surface area contributed by atoms with E-state index in [0.29, 0.717) is 12.4 Å². The van der Waals surface area contributed by atoms with Gasteiger partial charge in [0.1, 0.15) is 0 Å². The van der Waals surface area contributed by atoms with Crippen molar-refractivity contribution < 1.29 is 13.9 Å². The van der Waals surface area contributed by atoms with Crippen LogP contribution in [0.25, 0.3) is 16.8 Å². The summed E-state index contributed by atoms with van der Waals surface area (Å²) < 4.78 is 7.64. The maximum atomic E-state index is 13.0. The van der Waals surface area contributed by atoms with Gasteiger partial charge in [-0.3, -0.25) is 9.78 Å². The van der Waals surface area contributed by atoms with Crippen LogP contribution in [0.5, 0.6) is 0 Å². The standard InChI is InChI=1S/C20H22N4O2/c1-20(2)13-15(8-12-26-20)22-19(25)18-23-17(14-6-9-21-10-7-14)16-5-3-4-11-24(16)18/h3-7,9-11,15H,8,12-13H2,1-2H3,(H,22,25)/p+1. The fourth-order valence-electron chi connectivity index (χ4n) is 3.60. The van der Waals surface area contributed by atoms with Gasteiger partial charge in [-0.25, -0.2) is 4.98 Å². The Morgan fingerprint density at radius 1 is 1.31 bits per heavy atom. The van der Waals surface area contributed by atoms with Crippen molar-refractivity contribution in [2.75, 3.05) is 6.61 Å². The third-order valence-corrected chi connectivity index (χ3v) is 4.82. The predicted octanol–water partition coefficient (Wildman–Crippen LogP) is 2.50. The minimum Gasteiger partial charge on any atom is -0.375 e. The Morgan fingerprint density at radius 2 is 2.12 bits per heavy atom. The van der Waals surface area contributed by atoms with E-state index in [9.17, 15) is 4.79 Å². The lowest BCUT2D eigenvalue weighted by atomic mass is 9.94. The van der Waals surface area contributed by atoms with E-state index in [1.807, 2.05) is 40.9 Å². The molecule has 0 radical (unpaired) electrons. The van der Waals surface area contributed by atoms with E-state index in [4.69, 9.17) is 4.74 Å². The molecular formula is C20H23N4O2+. The number of carbonyl (C=O) groups excluding carboxylic acids is 1. The van der Waals surface area contributed by atoms with Gasteiger partial charge in [0.05, 0.1) is 11.8 Å². The molecule has 26 heavy (non-hydrogen) atoms. The zero-order chi connectivity index (χ0) is 18.1. The number of hydrogen-bond acceptors (Lipinski definition) is 3. The van der Waals surface area contributed by atoms with Crippen LogP contribution >= 0.6 is 0 Å². The van der Waals surface area contributed by atoms with Crippen LogP contribution in [-0.4, -0.2) is 34.1 Å². The fourth-order valence-corrected chi connectivity index (χ4v) is 3.60. The molecule has 1 saturated heterocycles. The number of nitrogens with zero attached hydrogens (tertiary/aromatic N) is 2. The van der Waals surface area contributed by atoms with Gasteiger partial charge in [0.2, 0.25) is 0 Å². The van der Waals surface area contributed by atoms with Crippen molar-refractivity contribution in [3.05, 3.63) is 54.7 Å². The molecule has 0 aromatic carbocycles. The van der Waals surface area contributed by atoms with Crippen molar-refractivity contribution in [2.45, 2.75) is 38.3 Å². The SMILES string of the molecule is CC1(C)CC(NC(=O)c2[nH]c(-c3ccncc3)c3cccc[n+]23)CCO1. The first-order valence-electron chi connectivity index (χ1n) is 8.91. The molecule has 0 bridgehead atoms. The monoisotopic (exact) mass is 351 g/mol. The number of fused-ring (bicyclic) bond motifs is 1. The molecule has 2 N–H and O–H groups in total. The molecule has 1 atom stereocenters.